The topological polar surface area (TPSA) is 6.48 Å². The van der Waals surface area contributed by atoms with Crippen molar-refractivity contribution in [2.24, 2.45) is 0 Å². The van der Waals surface area contributed by atoms with Gasteiger partial charge in [0, 0.05) is 40.0 Å². The molecule has 0 bridgehead atoms. The molecule has 4 aliphatic carbocycles. The fraction of sp³-hybridized carbons (Fsp3) is 0.200. The first-order valence-electron chi connectivity index (χ1n) is 17.2. The number of rotatable bonds is 5. The summed E-state index contributed by atoms with van der Waals surface area (Å²) in [6.45, 7) is 4.74. The van der Waals surface area contributed by atoms with Crippen LogP contribution < -0.4 is 9.80 Å². The van der Waals surface area contributed by atoms with E-state index in [2.05, 4.69) is 181 Å². The van der Waals surface area contributed by atoms with Gasteiger partial charge in [0.05, 0.1) is 12.1 Å². The van der Waals surface area contributed by atoms with Gasteiger partial charge in [-0.05, 0) is 82.6 Å². The van der Waals surface area contributed by atoms with Gasteiger partial charge < -0.3 is 9.80 Å². The van der Waals surface area contributed by atoms with Crippen molar-refractivity contribution in [3.63, 3.8) is 0 Å². The van der Waals surface area contributed by atoms with Crippen LogP contribution in [0.3, 0.4) is 0 Å². The fourth-order valence-electron chi connectivity index (χ4n) is 8.65. The first-order chi connectivity index (χ1) is 23.1. The molecule has 0 aromatic heterocycles. The van der Waals surface area contributed by atoms with E-state index in [0.717, 1.165) is 12.8 Å². The Bertz CT molecular complexity index is 2050. The number of para-hydroxylation sites is 1. The first kappa shape index (κ1) is 28.2. The highest BCUT2D eigenvalue weighted by Gasteiger charge is 2.38. The van der Waals surface area contributed by atoms with Crippen LogP contribution in [0, 0.1) is 0 Å². The number of hydrogen-bond donors (Lipinski definition) is 0. The van der Waals surface area contributed by atoms with E-state index >= 15 is 0 Å². The molecule has 1 heterocycles. The predicted molar refractivity (Wildman–Crippen MR) is 198 cm³/mol. The Labute approximate surface area is 279 Å². The lowest BCUT2D eigenvalue weighted by Crippen LogP contribution is -2.34. The van der Waals surface area contributed by atoms with Gasteiger partial charge in [0.15, 0.2) is 0 Å². The van der Waals surface area contributed by atoms with Gasteiger partial charge >= 0.3 is 0 Å². The Kier molecular flexibility index (Phi) is 6.61. The second-order valence-corrected chi connectivity index (χ2v) is 14.0. The fourth-order valence-corrected chi connectivity index (χ4v) is 8.65. The minimum absolute atomic E-state index is 0.0240. The Morgan fingerprint density at radius 1 is 0.702 bits per heavy atom. The van der Waals surface area contributed by atoms with Crippen molar-refractivity contribution in [3.8, 4) is 11.1 Å². The van der Waals surface area contributed by atoms with E-state index in [0.29, 0.717) is 17.9 Å². The maximum atomic E-state index is 2.57. The van der Waals surface area contributed by atoms with Crippen molar-refractivity contribution < 1.29 is 0 Å². The number of benzene rings is 4. The molecule has 0 N–H and O–H groups in total. The summed E-state index contributed by atoms with van der Waals surface area (Å²) in [4.78, 5) is 5.08. The molecule has 1 aliphatic heterocycles. The minimum Gasteiger partial charge on any atom is -0.335 e. The van der Waals surface area contributed by atoms with Crippen LogP contribution in [0.5, 0.6) is 0 Å². The molecule has 2 nitrogen and oxygen atoms in total. The summed E-state index contributed by atoms with van der Waals surface area (Å²) in [5.74, 6) is 0.721. The van der Waals surface area contributed by atoms with Crippen molar-refractivity contribution in [1.29, 1.82) is 0 Å². The highest BCUT2D eigenvalue weighted by atomic mass is 15.2. The predicted octanol–water partition coefficient (Wildman–Crippen LogP) is 11.0. The van der Waals surface area contributed by atoms with Crippen molar-refractivity contribution in [2.75, 3.05) is 9.80 Å². The number of allylic oxidation sites excluding steroid dienone is 7. The van der Waals surface area contributed by atoms with Crippen LogP contribution in [0.1, 0.15) is 60.8 Å². The molecule has 5 aliphatic rings. The summed E-state index contributed by atoms with van der Waals surface area (Å²) in [6, 6.07) is 34.7. The summed E-state index contributed by atoms with van der Waals surface area (Å²) in [5.41, 5.74) is 13.5. The van der Waals surface area contributed by atoms with Crippen LogP contribution in [0.25, 0.3) is 11.1 Å². The molecule has 0 fully saturated rings. The summed E-state index contributed by atoms with van der Waals surface area (Å²) in [7, 11) is 0. The molecule has 0 saturated carbocycles. The third-order valence-electron chi connectivity index (χ3n) is 11.0. The Hall–Kier alpha value is -5.08. The normalized spacial score (nSPS) is 24.0. The molecule has 9 rings (SSSR count). The van der Waals surface area contributed by atoms with Gasteiger partial charge in [-0.3, -0.25) is 0 Å². The van der Waals surface area contributed by atoms with Gasteiger partial charge in [0.2, 0.25) is 0 Å². The number of hydrogen-bond acceptors (Lipinski definition) is 2. The van der Waals surface area contributed by atoms with E-state index in [1.807, 2.05) is 0 Å². The molecule has 4 aromatic rings. The lowest BCUT2D eigenvalue weighted by atomic mass is 9.82. The van der Waals surface area contributed by atoms with Gasteiger partial charge in [0.1, 0.15) is 0 Å². The molecule has 4 unspecified atom stereocenters. The van der Waals surface area contributed by atoms with Crippen LogP contribution in [0.2, 0.25) is 0 Å². The highest BCUT2D eigenvalue weighted by molar-refractivity contribution is 5.83. The quantitative estimate of drug-likeness (QED) is 0.222. The SMILES string of the molecule is CC1(C)c2ccccc2-c2ccc(N(C3=CCC(c4ccc5c(c4)C4C=CC=CC4N5c4ccccc4)C=C3)C3C=CC=CC3)cc21. The maximum absolute atomic E-state index is 2.57. The van der Waals surface area contributed by atoms with Crippen LogP contribution in [0.15, 0.2) is 164 Å². The molecular weight excluding hydrogens is 569 g/mol. The highest BCUT2D eigenvalue weighted by Crippen LogP contribution is 2.51. The van der Waals surface area contributed by atoms with Gasteiger partial charge in [-0.25, -0.2) is 0 Å². The molecule has 4 atom stereocenters. The van der Waals surface area contributed by atoms with Crippen LogP contribution in [0.4, 0.5) is 17.1 Å². The Morgan fingerprint density at radius 3 is 2.34 bits per heavy atom. The molecule has 47 heavy (non-hydrogen) atoms. The monoisotopic (exact) mass is 608 g/mol. The molecule has 4 aromatic carbocycles. The second kappa shape index (κ2) is 11.0. The maximum Gasteiger partial charge on any atom is 0.0629 e. The molecule has 230 valence electrons. The van der Waals surface area contributed by atoms with E-state index in [-0.39, 0.29) is 11.5 Å². The van der Waals surface area contributed by atoms with E-state index in [1.54, 1.807) is 0 Å². The van der Waals surface area contributed by atoms with E-state index in [9.17, 15) is 0 Å². The van der Waals surface area contributed by atoms with Crippen molar-refractivity contribution in [3.05, 3.63) is 186 Å². The molecular formula is C45H40N2. The molecule has 0 radical (unpaired) electrons. The number of anilines is 3. The van der Waals surface area contributed by atoms with Crippen LogP contribution in [-0.4, -0.2) is 12.1 Å². The summed E-state index contributed by atoms with van der Waals surface area (Å²) < 4.78 is 0. The number of nitrogens with zero attached hydrogens (tertiary/aromatic N) is 2. The average Bonchev–Trinajstić information content (AvgIpc) is 3.58. The van der Waals surface area contributed by atoms with Crippen molar-refractivity contribution in [1.82, 2.24) is 0 Å². The molecule has 0 saturated heterocycles. The standard InChI is InChI=1S/C45H40N2/c1-45(2)41-19-11-9-17-37(41)38-27-26-36(30-42(38)45)46(33-13-5-3-6-14-33)35-24-21-31(22-25-35)32-23-28-44-40(29-32)39-18-10-12-20-43(39)47(44)34-15-7-4-8-16-34/h3-13,15-21,23-31,33,39,43H,14,22H2,1-2H3. The third-order valence-corrected chi connectivity index (χ3v) is 11.0. The Morgan fingerprint density at radius 2 is 1.51 bits per heavy atom. The zero-order chi connectivity index (χ0) is 31.5. The zero-order valence-corrected chi connectivity index (χ0v) is 27.1. The lowest BCUT2D eigenvalue weighted by molar-refractivity contribution is 0.659. The number of fused-ring (bicyclic) bond motifs is 6. The van der Waals surface area contributed by atoms with Crippen molar-refractivity contribution >= 4 is 17.1 Å². The van der Waals surface area contributed by atoms with E-state index in [1.165, 1.54) is 56.1 Å². The molecule has 0 amide bonds. The molecule has 2 heteroatoms. The van der Waals surface area contributed by atoms with Crippen LogP contribution >= 0.6 is 0 Å². The first-order valence-corrected chi connectivity index (χ1v) is 17.2. The summed E-state index contributed by atoms with van der Waals surface area (Å²) >= 11 is 0. The van der Waals surface area contributed by atoms with E-state index < -0.39 is 0 Å². The van der Waals surface area contributed by atoms with Gasteiger partial charge in [0.25, 0.3) is 0 Å². The summed E-state index contributed by atoms with van der Waals surface area (Å²) in [5, 5.41) is 0. The average molecular weight is 609 g/mol. The van der Waals surface area contributed by atoms with Gasteiger partial charge in [-0.2, -0.15) is 0 Å². The second-order valence-electron chi connectivity index (χ2n) is 14.0. The molecule has 0 spiro atoms. The smallest absolute Gasteiger partial charge is 0.0629 e. The van der Waals surface area contributed by atoms with Gasteiger partial charge in [-0.15, -0.1) is 0 Å². The van der Waals surface area contributed by atoms with Gasteiger partial charge in [-0.1, -0.05) is 135 Å². The Balaban J connectivity index is 1.03. The van der Waals surface area contributed by atoms with Crippen LogP contribution in [-0.2, 0) is 5.41 Å². The summed E-state index contributed by atoms with van der Waals surface area (Å²) in [6.07, 6.45) is 27.5. The van der Waals surface area contributed by atoms with Crippen molar-refractivity contribution in [2.45, 2.75) is 56.0 Å². The minimum atomic E-state index is -0.0240. The zero-order valence-electron chi connectivity index (χ0n) is 27.1. The lowest BCUT2D eigenvalue weighted by Gasteiger charge is -2.36. The third kappa shape index (κ3) is 4.53. The largest absolute Gasteiger partial charge is 0.335 e. The van der Waals surface area contributed by atoms with E-state index in [4.69, 9.17) is 0 Å².